The average Bonchev–Trinajstić information content (AvgIpc) is 2.37. The third-order valence-corrected chi connectivity index (χ3v) is 3.04. The first-order valence-electron chi connectivity index (χ1n) is 6.48. The van der Waals surface area contributed by atoms with Gasteiger partial charge in [-0.2, -0.15) is 0 Å². The Morgan fingerprint density at radius 2 is 1.89 bits per heavy atom. The van der Waals surface area contributed by atoms with Crippen LogP contribution in [0.5, 0.6) is 5.75 Å². The number of aliphatic hydroxyl groups excluding tert-OH is 1. The molecule has 0 saturated heterocycles. The topological polar surface area (TPSA) is 41.5 Å². The molecule has 1 aromatic rings. The van der Waals surface area contributed by atoms with Crippen LogP contribution in [-0.4, -0.2) is 30.9 Å². The van der Waals surface area contributed by atoms with Crippen molar-refractivity contribution in [3.8, 4) is 5.75 Å². The third-order valence-electron chi connectivity index (χ3n) is 3.04. The van der Waals surface area contributed by atoms with Crippen molar-refractivity contribution in [3.05, 3.63) is 29.8 Å². The van der Waals surface area contributed by atoms with Gasteiger partial charge in [0.05, 0.1) is 13.7 Å². The molecule has 3 nitrogen and oxygen atoms in total. The van der Waals surface area contributed by atoms with Gasteiger partial charge in [0, 0.05) is 5.54 Å². The maximum Gasteiger partial charge on any atom is 0.118 e. The molecule has 1 unspecified atom stereocenters. The van der Waals surface area contributed by atoms with Crippen molar-refractivity contribution >= 4 is 0 Å². The van der Waals surface area contributed by atoms with Crippen molar-refractivity contribution in [2.75, 3.05) is 20.3 Å². The molecule has 0 aromatic heterocycles. The minimum Gasteiger partial charge on any atom is -0.497 e. The Bertz CT molecular complexity index is 348. The lowest BCUT2D eigenvalue weighted by Gasteiger charge is -2.30. The van der Waals surface area contributed by atoms with Crippen LogP contribution < -0.4 is 10.1 Å². The molecule has 0 amide bonds. The molecule has 18 heavy (non-hydrogen) atoms. The molecule has 0 aliphatic carbocycles. The van der Waals surface area contributed by atoms with Gasteiger partial charge in [-0.15, -0.1) is 0 Å². The zero-order chi connectivity index (χ0) is 13.6. The van der Waals surface area contributed by atoms with Gasteiger partial charge in [0.2, 0.25) is 0 Å². The lowest BCUT2D eigenvalue weighted by molar-refractivity contribution is 0.170. The molecule has 0 bridgehead atoms. The number of aliphatic hydroxyl groups is 1. The maximum atomic E-state index is 9.57. The van der Waals surface area contributed by atoms with E-state index in [1.165, 1.54) is 5.56 Å². The summed E-state index contributed by atoms with van der Waals surface area (Å²) in [6.45, 7) is 7.43. The van der Waals surface area contributed by atoms with E-state index in [9.17, 15) is 5.11 Å². The average molecular weight is 251 g/mol. The SMILES string of the molecule is COc1ccc(CC(C)(CO)NCC(C)C)cc1. The van der Waals surface area contributed by atoms with Crippen LogP contribution in [0, 0.1) is 5.92 Å². The van der Waals surface area contributed by atoms with Gasteiger partial charge < -0.3 is 15.2 Å². The van der Waals surface area contributed by atoms with E-state index in [1.54, 1.807) is 7.11 Å². The summed E-state index contributed by atoms with van der Waals surface area (Å²) >= 11 is 0. The Hall–Kier alpha value is -1.06. The van der Waals surface area contributed by atoms with E-state index in [-0.39, 0.29) is 12.1 Å². The van der Waals surface area contributed by atoms with Crippen LogP contribution in [0.25, 0.3) is 0 Å². The van der Waals surface area contributed by atoms with Gasteiger partial charge in [0.15, 0.2) is 0 Å². The molecular formula is C15H25NO2. The highest BCUT2D eigenvalue weighted by Gasteiger charge is 2.23. The van der Waals surface area contributed by atoms with Gasteiger partial charge >= 0.3 is 0 Å². The number of benzene rings is 1. The number of methoxy groups -OCH3 is 1. The monoisotopic (exact) mass is 251 g/mol. The molecule has 0 radical (unpaired) electrons. The van der Waals surface area contributed by atoms with Crippen molar-refractivity contribution in [2.24, 2.45) is 5.92 Å². The fourth-order valence-corrected chi connectivity index (χ4v) is 1.82. The van der Waals surface area contributed by atoms with Gasteiger partial charge in [0.1, 0.15) is 5.75 Å². The van der Waals surface area contributed by atoms with Crippen LogP contribution in [0.4, 0.5) is 0 Å². The van der Waals surface area contributed by atoms with Gasteiger partial charge in [-0.3, -0.25) is 0 Å². The van der Waals surface area contributed by atoms with Crippen molar-refractivity contribution in [1.29, 1.82) is 0 Å². The molecule has 0 heterocycles. The number of nitrogens with one attached hydrogen (secondary N) is 1. The van der Waals surface area contributed by atoms with Crippen LogP contribution >= 0.6 is 0 Å². The molecule has 1 atom stereocenters. The molecule has 0 spiro atoms. The molecule has 0 aliphatic rings. The predicted molar refractivity (Wildman–Crippen MR) is 75.0 cm³/mol. The van der Waals surface area contributed by atoms with Gasteiger partial charge in [-0.05, 0) is 43.5 Å². The Morgan fingerprint density at radius 1 is 1.28 bits per heavy atom. The van der Waals surface area contributed by atoms with Crippen LogP contribution in [0.3, 0.4) is 0 Å². The Balaban J connectivity index is 2.65. The Kier molecular flexibility index (Phi) is 5.63. The Morgan fingerprint density at radius 3 is 2.33 bits per heavy atom. The van der Waals surface area contributed by atoms with Crippen molar-refractivity contribution < 1.29 is 9.84 Å². The van der Waals surface area contributed by atoms with Gasteiger partial charge in [-0.25, -0.2) is 0 Å². The smallest absolute Gasteiger partial charge is 0.118 e. The normalized spacial score (nSPS) is 14.6. The van der Waals surface area contributed by atoms with Crippen molar-refractivity contribution in [1.82, 2.24) is 5.32 Å². The van der Waals surface area contributed by atoms with Crippen LogP contribution in [0.1, 0.15) is 26.3 Å². The van der Waals surface area contributed by atoms with Crippen LogP contribution in [0.15, 0.2) is 24.3 Å². The van der Waals surface area contributed by atoms with Gasteiger partial charge in [-0.1, -0.05) is 26.0 Å². The summed E-state index contributed by atoms with van der Waals surface area (Å²) in [5.74, 6) is 1.44. The second-order valence-corrected chi connectivity index (χ2v) is 5.52. The number of hydrogen-bond acceptors (Lipinski definition) is 3. The summed E-state index contributed by atoms with van der Waals surface area (Å²) in [5.41, 5.74) is 0.933. The summed E-state index contributed by atoms with van der Waals surface area (Å²) in [4.78, 5) is 0. The second-order valence-electron chi connectivity index (χ2n) is 5.52. The highest BCUT2D eigenvalue weighted by atomic mass is 16.5. The highest BCUT2D eigenvalue weighted by molar-refractivity contribution is 5.28. The summed E-state index contributed by atoms with van der Waals surface area (Å²) in [7, 11) is 1.66. The fraction of sp³-hybridized carbons (Fsp3) is 0.600. The maximum absolute atomic E-state index is 9.57. The first-order valence-corrected chi connectivity index (χ1v) is 6.48. The lowest BCUT2D eigenvalue weighted by Crippen LogP contribution is -2.49. The standard InChI is InChI=1S/C15H25NO2/c1-12(2)10-16-15(3,11-17)9-13-5-7-14(18-4)8-6-13/h5-8,12,16-17H,9-11H2,1-4H3. The minimum atomic E-state index is -0.265. The number of hydrogen-bond donors (Lipinski definition) is 2. The van der Waals surface area contributed by atoms with E-state index >= 15 is 0 Å². The lowest BCUT2D eigenvalue weighted by atomic mass is 9.93. The molecular weight excluding hydrogens is 226 g/mol. The summed E-state index contributed by atoms with van der Waals surface area (Å²) in [6.07, 6.45) is 0.806. The van der Waals surface area contributed by atoms with Crippen molar-refractivity contribution in [2.45, 2.75) is 32.7 Å². The largest absolute Gasteiger partial charge is 0.497 e. The molecule has 0 fully saturated rings. The molecule has 102 valence electrons. The molecule has 2 N–H and O–H groups in total. The van der Waals surface area contributed by atoms with Crippen molar-refractivity contribution in [3.63, 3.8) is 0 Å². The van der Waals surface area contributed by atoms with E-state index in [2.05, 4.69) is 26.1 Å². The Labute approximate surface area is 110 Å². The summed E-state index contributed by atoms with van der Waals surface area (Å²) in [5, 5.41) is 13.0. The summed E-state index contributed by atoms with van der Waals surface area (Å²) < 4.78 is 5.14. The zero-order valence-electron chi connectivity index (χ0n) is 11.9. The summed E-state index contributed by atoms with van der Waals surface area (Å²) in [6, 6.07) is 8.00. The van der Waals surface area contributed by atoms with Crippen LogP contribution in [0.2, 0.25) is 0 Å². The van der Waals surface area contributed by atoms with E-state index in [0.29, 0.717) is 5.92 Å². The van der Waals surface area contributed by atoms with E-state index in [0.717, 1.165) is 18.7 Å². The molecule has 3 heteroatoms. The number of rotatable bonds is 7. The minimum absolute atomic E-state index is 0.131. The molecule has 0 aliphatic heterocycles. The van der Waals surface area contributed by atoms with E-state index in [1.807, 2.05) is 24.3 Å². The van der Waals surface area contributed by atoms with Crippen LogP contribution in [-0.2, 0) is 6.42 Å². The van der Waals surface area contributed by atoms with E-state index in [4.69, 9.17) is 4.74 Å². The first kappa shape index (κ1) is 15.0. The molecule has 1 aromatic carbocycles. The molecule has 0 saturated carbocycles. The second kappa shape index (κ2) is 6.76. The molecule has 1 rings (SSSR count). The van der Waals surface area contributed by atoms with Gasteiger partial charge in [0.25, 0.3) is 0 Å². The van der Waals surface area contributed by atoms with E-state index < -0.39 is 0 Å². The number of ether oxygens (including phenoxy) is 1. The predicted octanol–water partition coefficient (Wildman–Crippen LogP) is 2.23. The first-order chi connectivity index (χ1) is 8.49. The quantitative estimate of drug-likeness (QED) is 0.781. The zero-order valence-corrected chi connectivity index (χ0v) is 11.9. The fourth-order valence-electron chi connectivity index (χ4n) is 1.82. The third kappa shape index (κ3) is 4.67. The highest BCUT2D eigenvalue weighted by Crippen LogP contribution is 2.17.